The number of benzene rings is 2. The summed E-state index contributed by atoms with van der Waals surface area (Å²) in [5, 5.41) is 0. The molecule has 0 N–H and O–H groups in total. The Morgan fingerprint density at radius 3 is 2.28 bits per heavy atom. The van der Waals surface area contributed by atoms with Gasteiger partial charge in [0.2, 0.25) is 11.8 Å². The van der Waals surface area contributed by atoms with Crippen molar-refractivity contribution in [1.29, 1.82) is 0 Å². The molecule has 2 heterocycles. The first-order valence-electron chi connectivity index (χ1n) is 13.4. The van der Waals surface area contributed by atoms with E-state index in [0.29, 0.717) is 6.42 Å². The van der Waals surface area contributed by atoms with Gasteiger partial charge in [-0.15, -0.1) is 0 Å². The molecule has 2 amide bonds. The Morgan fingerprint density at radius 1 is 0.917 bits per heavy atom. The lowest BCUT2D eigenvalue weighted by Crippen LogP contribution is -2.55. The van der Waals surface area contributed by atoms with E-state index in [-0.39, 0.29) is 28.3 Å². The van der Waals surface area contributed by atoms with Gasteiger partial charge in [-0.2, -0.15) is 0 Å². The lowest BCUT2D eigenvalue weighted by atomic mass is 9.64. The predicted molar refractivity (Wildman–Crippen MR) is 151 cm³/mol. The van der Waals surface area contributed by atoms with E-state index in [0.717, 1.165) is 42.6 Å². The molecule has 4 nitrogen and oxygen atoms in total. The van der Waals surface area contributed by atoms with Crippen LogP contribution in [0.1, 0.15) is 104 Å². The summed E-state index contributed by atoms with van der Waals surface area (Å²) in [7, 11) is 0. The van der Waals surface area contributed by atoms with E-state index in [9.17, 15) is 9.59 Å². The lowest BCUT2D eigenvalue weighted by Gasteiger charge is -2.51. The molecule has 0 bridgehead atoms. The van der Waals surface area contributed by atoms with Gasteiger partial charge in [-0.3, -0.25) is 9.59 Å². The topological polar surface area (TPSA) is 40.6 Å². The summed E-state index contributed by atoms with van der Waals surface area (Å²) in [5.74, 6) is 0.261. The van der Waals surface area contributed by atoms with Crippen LogP contribution < -0.4 is 9.80 Å². The van der Waals surface area contributed by atoms with Gasteiger partial charge in [-0.25, -0.2) is 0 Å². The number of nitrogens with zero attached hydrogens (tertiary/aromatic N) is 2. The molecule has 36 heavy (non-hydrogen) atoms. The highest BCUT2D eigenvalue weighted by Crippen LogP contribution is 2.51. The van der Waals surface area contributed by atoms with Gasteiger partial charge in [0.25, 0.3) is 0 Å². The average molecular weight is 487 g/mol. The molecule has 4 rings (SSSR count). The van der Waals surface area contributed by atoms with Gasteiger partial charge in [0, 0.05) is 35.5 Å². The van der Waals surface area contributed by atoms with Crippen molar-refractivity contribution in [1.82, 2.24) is 0 Å². The maximum Gasteiger partial charge on any atom is 0.227 e. The molecule has 2 aliphatic heterocycles. The smallest absolute Gasteiger partial charge is 0.227 e. The lowest BCUT2D eigenvalue weighted by molar-refractivity contribution is -0.119. The monoisotopic (exact) mass is 486 g/mol. The Balaban J connectivity index is 1.84. The fourth-order valence-electron chi connectivity index (χ4n) is 6.82. The Hall–Kier alpha value is -2.88. The summed E-state index contributed by atoms with van der Waals surface area (Å²) in [6, 6.07) is 15.0. The molecular weight excluding hydrogens is 444 g/mol. The van der Waals surface area contributed by atoms with Gasteiger partial charge < -0.3 is 9.80 Å². The number of carbonyl (C=O) groups is 2. The standard InChI is InChI=1S/C32H42N2O2/c1-9-10-11-16-29(36)34-27-18-17-24(19-25(27)22(2)20-30(34,4)5)32(8)21-31(6,7)33(23(3)35)28-15-13-12-14-26(28)32/h12-15,17-20H,9-11,16,21H2,1-8H3. The number of amides is 2. The zero-order chi connectivity index (χ0) is 26.5. The fraction of sp³-hybridized carbons (Fsp3) is 0.500. The Morgan fingerprint density at radius 2 is 1.61 bits per heavy atom. The first-order chi connectivity index (χ1) is 16.8. The van der Waals surface area contributed by atoms with Gasteiger partial charge in [0.1, 0.15) is 0 Å². The predicted octanol–water partition coefficient (Wildman–Crippen LogP) is 7.64. The summed E-state index contributed by atoms with van der Waals surface area (Å²) in [4.78, 5) is 30.1. The summed E-state index contributed by atoms with van der Waals surface area (Å²) in [6.07, 6.45) is 6.72. The van der Waals surface area contributed by atoms with Crippen molar-refractivity contribution in [3.8, 4) is 0 Å². The summed E-state index contributed by atoms with van der Waals surface area (Å²) in [6.45, 7) is 16.8. The number of rotatable bonds is 5. The molecule has 2 aliphatic rings. The molecule has 1 atom stereocenters. The fourth-order valence-corrected chi connectivity index (χ4v) is 6.82. The van der Waals surface area contributed by atoms with E-state index in [2.05, 4.69) is 90.9 Å². The van der Waals surface area contributed by atoms with Crippen LogP contribution in [-0.4, -0.2) is 22.9 Å². The number of hydrogen-bond acceptors (Lipinski definition) is 2. The molecule has 4 heteroatoms. The van der Waals surface area contributed by atoms with E-state index in [4.69, 9.17) is 0 Å². The van der Waals surface area contributed by atoms with Crippen LogP contribution in [0.3, 0.4) is 0 Å². The minimum absolute atomic E-state index is 0.0678. The summed E-state index contributed by atoms with van der Waals surface area (Å²) < 4.78 is 0. The molecular formula is C32H42N2O2. The molecule has 0 fully saturated rings. The molecule has 0 aliphatic carbocycles. The number of anilines is 2. The second-order valence-corrected chi connectivity index (χ2v) is 12.1. The third kappa shape index (κ3) is 4.29. The molecule has 0 saturated heterocycles. The maximum absolute atomic E-state index is 13.4. The third-order valence-corrected chi connectivity index (χ3v) is 8.13. The van der Waals surface area contributed by atoms with E-state index in [1.807, 2.05) is 15.9 Å². The van der Waals surface area contributed by atoms with Crippen LogP contribution in [-0.2, 0) is 15.0 Å². The molecule has 0 saturated carbocycles. The average Bonchev–Trinajstić information content (AvgIpc) is 2.77. The number of carbonyl (C=O) groups excluding carboxylic acids is 2. The normalized spacial score (nSPS) is 21.9. The second-order valence-electron chi connectivity index (χ2n) is 12.1. The van der Waals surface area contributed by atoms with Crippen molar-refractivity contribution < 1.29 is 9.59 Å². The van der Waals surface area contributed by atoms with Crippen LogP contribution in [0.2, 0.25) is 0 Å². The minimum Gasteiger partial charge on any atom is -0.307 e. The highest BCUT2D eigenvalue weighted by Gasteiger charge is 2.47. The van der Waals surface area contributed by atoms with Crippen LogP contribution >= 0.6 is 0 Å². The molecule has 192 valence electrons. The van der Waals surface area contributed by atoms with Gasteiger partial charge in [0.15, 0.2) is 0 Å². The highest BCUT2D eigenvalue weighted by atomic mass is 16.2. The van der Waals surface area contributed by atoms with Crippen LogP contribution in [0.4, 0.5) is 11.4 Å². The van der Waals surface area contributed by atoms with Gasteiger partial charge in [-0.1, -0.05) is 57.0 Å². The van der Waals surface area contributed by atoms with Crippen LogP contribution in [0, 0.1) is 0 Å². The van der Waals surface area contributed by atoms with E-state index in [1.54, 1.807) is 6.92 Å². The zero-order valence-corrected chi connectivity index (χ0v) is 23.4. The van der Waals surface area contributed by atoms with Gasteiger partial charge in [-0.05, 0) is 82.4 Å². The number of allylic oxidation sites excluding steroid dienone is 1. The number of para-hydroxylation sites is 1. The number of fused-ring (bicyclic) bond motifs is 2. The highest BCUT2D eigenvalue weighted by molar-refractivity contribution is 6.00. The van der Waals surface area contributed by atoms with Crippen molar-refractivity contribution in [2.45, 2.75) is 104 Å². The van der Waals surface area contributed by atoms with Gasteiger partial charge in [0.05, 0.1) is 11.2 Å². The summed E-state index contributed by atoms with van der Waals surface area (Å²) in [5.41, 5.74) is 5.73. The Kier molecular flexibility index (Phi) is 6.70. The van der Waals surface area contributed by atoms with Crippen molar-refractivity contribution in [3.05, 3.63) is 65.2 Å². The van der Waals surface area contributed by atoms with E-state index < -0.39 is 0 Å². The first kappa shape index (κ1) is 26.2. The summed E-state index contributed by atoms with van der Waals surface area (Å²) >= 11 is 0. The minimum atomic E-state index is -0.368. The van der Waals surface area contributed by atoms with E-state index >= 15 is 0 Å². The van der Waals surface area contributed by atoms with Crippen molar-refractivity contribution in [3.63, 3.8) is 0 Å². The maximum atomic E-state index is 13.4. The number of hydrogen-bond donors (Lipinski definition) is 0. The third-order valence-electron chi connectivity index (χ3n) is 8.13. The Bertz CT molecular complexity index is 1220. The van der Waals surface area contributed by atoms with Gasteiger partial charge >= 0.3 is 0 Å². The molecule has 2 aromatic carbocycles. The van der Waals surface area contributed by atoms with Crippen LogP contribution in [0.25, 0.3) is 5.57 Å². The van der Waals surface area contributed by atoms with Crippen molar-refractivity contribution in [2.24, 2.45) is 0 Å². The second kappa shape index (κ2) is 9.21. The van der Waals surface area contributed by atoms with E-state index in [1.165, 1.54) is 16.7 Å². The first-order valence-corrected chi connectivity index (χ1v) is 13.4. The Labute approximate surface area is 217 Å². The zero-order valence-electron chi connectivity index (χ0n) is 23.4. The van der Waals surface area contributed by atoms with Crippen molar-refractivity contribution >= 4 is 28.8 Å². The molecule has 2 aromatic rings. The molecule has 0 spiro atoms. The number of unbranched alkanes of at least 4 members (excludes halogenated alkanes) is 2. The molecule has 1 unspecified atom stereocenters. The molecule has 0 radical (unpaired) electrons. The largest absolute Gasteiger partial charge is 0.307 e. The van der Waals surface area contributed by atoms with Crippen LogP contribution in [0.15, 0.2) is 48.5 Å². The van der Waals surface area contributed by atoms with Crippen LogP contribution in [0.5, 0.6) is 0 Å². The quantitative estimate of drug-likeness (QED) is 0.408. The SMILES string of the molecule is CCCCCC(=O)N1c2ccc(C3(C)CC(C)(C)N(C(C)=O)c4ccccc43)cc2C(C)=CC1(C)C. The molecule has 0 aromatic heterocycles. The van der Waals surface area contributed by atoms with Crippen molar-refractivity contribution in [2.75, 3.05) is 9.80 Å².